The van der Waals surface area contributed by atoms with Gasteiger partial charge in [-0.3, -0.25) is 24.7 Å². The first-order valence-electron chi connectivity index (χ1n) is 21.6. The van der Waals surface area contributed by atoms with Crippen molar-refractivity contribution >= 4 is 35.2 Å². The number of benzene rings is 3. The molecule has 0 atom stereocenters. The lowest BCUT2D eigenvalue weighted by atomic mass is 9.88. The zero-order chi connectivity index (χ0) is 42.5. The van der Waals surface area contributed by atoms with E-state index in [9.17, 15) is 14.4 Å². The number of carbonyl (C=O) groups is 3. The van der Waals surface area contributed by atoms with E-state index in [1.165, 1.54) is 30.5 Å². The number of nitrogens with zero attached hydrogens (tertiary/aromatic N) is 8. The van der Waals surface area contributed by atoms with Crippen molar-refractivity contribution in [3.63, 3.8) is 0 Å². The Kier molecular flexibility index (Phi) is 12.5. The van der Waals surface area contributed by atoms with Crippen molar-refractivity contribution in [2.75, 3.05) is 49.5 Å². The number of rotatable bonds is 12. The van der Waals surface area contributed by atoms with Crippen LogP contribution in [0.3, 0.4) is 0 Å². The summed E-state index contributed by atoms with van der Waals surface area (Å²) < 4.78 is 1.69. The molecule has 318 valence electrons. The van der Waals surface area contributed by atoms with E-state index in [4.69, 9.17) is 4.98 Å². The number of urea groups is 1. The Morgan fingerprint density at radius 2 is 1.61 bits per heavy atom. The quantitative estimate of drug-likeness (QED) is 0.120. The molecule has 61 heavy (non-hydrogen) atoms. The molecule has 0 bridgehead atoms. The number of aromatic nitrogens is 5. The predicted molar refractivity (Wildman–Crippen MR) is 236 cm³/mol. The first kappa shape index (κ1) is 41.7. The van der Waals surface area contributed by atoms with Gasteiger partial charge in [0.1, 0.15) is 0 Å². The van der Waals surface area contributed by atoms with Gasteiger partial charge in [0, 0.05) is 55.7 Å². The number of hydrogen-bond donors (Lipinski definition) is 3. The number of hydrogen-bond acceptors (Lipinski definition) is 10. The van der Waals surface area contributed by atoms with Gasteiger partial charge >= 0.3 is 6.03 Å². The summed E-state index contributed by atoms with van der Waals surface area (Å²) in [6.07, 6.45) is 8.55. The molecule has 0 radical (unpaired) electrons. The minimum Gasteiger partial charge on any atom is -0.347 e. The first-order chi connectivity index (χ1) is 29.4. The number of amides is 4. The van der Waals surface area contributed by atoms with Crippen molar-refractivity contribution in [1.29, 1.82) is 0 Å². The molecule has 14 nitrogen and oxygen atoms in total. The number of aryl methyl sites for hydroxylation is 1. The topological polar surface area (TPSA) is 154 Å². The molecule has 3 aromatic carbocycles. The Labute approximate surface area is 358 Å². The third-order valence-corrected chi connectivity index (χ3v) is 12.3. The van der Waals surface area contributed by atoms with Crippen LogP contribution in [0.4, 0.5) is 22.1 Å². The van der Waals surface area contributed by atoms with Crippen LogP contribution < -0.4 is 20.9 Å². The molecule has 5 heterocycles. The van der Waals surface area contributed by atoms with Gasteiger partial charge in [-0.25, -0.2) is 19.4 Å². The first-order valence-corrected chi connectivity index (χ1v) is 21.6. The van der Waals surface area contributed by atoms with E-state index >= 15 is 0 Å². The van der Waals surface area contributed by atoms with Crippen molar-refractivity contribution in [2.24, 2.45) is 5.92 Å². The molecule has 0 unspecified atom stereocenters. The van der Waals surface area contributed by atoms with E-state index in [2.05, 4.69) is 83.5 Å². The normalized spacial score (nSPS) is 17.3. The summed E-state index contributed by atoms with van der Waals surface area (Å²) >= 11 is 0. The van der Waals surface area contributed by atoms with Gasteiger partial charge in [-0.1, -0.05) is 41.6 Å². The molecule has 3 fully saturated rings. The minimum atomic E-state index is -0.335. The van der Waals surface area contributed by atoms with Gasteiger partial charge in [0.05, 0.1) is 17.4 Å². The van der Waals surface area contributed by atoms with Crippen LogP contribution in [-0.4, -0.2) is 91.9 Å². The molecule has 2 aromatic heterocycles. The average molecular weight is 824 g/mol. The lowest BCUT2D eigenvalue weighted by Gasteiger charge is -2.38. The molecule has 3 aliphatic rings. The molecule has 0 spiro atoms. The molecule has 3 aliphatic heterocycles. The predicted octanol–water partition coefficient (Wildman–Crippen LogP) is 7.01. The summed E-state index contributed by atoms with van der Waals surface area (Å²) in [5.41, 5.74) is 8.32. The third kappa shape index (κ3) is 10.5. The Morgan fingerprint density at radius 1 is 0.869 bits per heavy atom. The number of anilines is 3. The molecule has 8 rings (SSSR count). The van der Waals surface area contributed by atoms with E-state index in [1.807, 2.05) is 58.0 Å². The average Bonchev–Trinajstić information content (AvgIpc) is 3.77. The molecule has 5 aromatic rings. The highest BCUT2D eigenvalue weighted by atomic mass is 16.2. The summed E-state index contributed by atoms with van der Waals surface area (Å²) in [6, 6.07) is 24.6. The number of nitrogens with one attached hydrogen (secondary N) is 3. The van der Waals surface area contributed by atoms with Crippen LogP contribution in [0.5, 0.6) is 0 Å². The van der Waals surface area contributed by atoms with Gasteiger partial charge < -0.3 is 15.5 Å². The number of imide groups is 1. The lowest BCUT2D eigenvalue weighted by Crippen LogP contribution is -2.49. The fourth-order valence-electron chi connectivity index (χ4n) is 8.55. The summed E-state index contributed by atoms with van der Waals surface area (Å²) in [4.78, 5) is 52.7. The van der Waals surface area contributed by atoms with E-state index in [-0.39, 0.29) is 23.4 Å². The smallest absolute Gasteiger partial charge is 0.328 e. The lowest BCUT2D eigenvalue weighted by molar-refractivity contribution is -0.120. The highest BCUT2D eigenvalue weighted by Gasteiger charge is 2.27. The zero-order valence-electron chi connectivity index (χ0n) is 35.7. The summed E-state index contributed by atoms with van der Waals surface area (Å²) in [6.45, 7) is 15.5. The van der Waals surface area contributed by atoms with Crippen LogP contribution >= 0.6 is 0 Å². The standard InChI is InChI=1S/C47H57N11O3/c1-32-27-37(7-8-38(32)28-49-44(60)42-31-58(54-53-42)47(2,3)4)41-15-21-48-45(51-41)50-39-11-5-33(6-12-39)29-55-22-16-34(17-23-55)30-56-24-18-36(19-25-56)35-9-13-40(14-10-35)57-26-20-43(59)52-46(57)61/h5-15,21,27,31,34,36H,16-20,22-26,28-30H2,1-4H3,(H,49,60)(H,48,50,51)(H,52,59,61). The van der Waals surface area contributed by atoms with Gasteiger partial charge in [-0.05, 0) is 150 Å². The second kappa shape index (κ2) is 18.3. The molecule has 3 saturated heterocycles. The second-order valence-corrected chi connectivity index (χ2v) is 17.8. The number of carbonyl (C=O) groups excluding carboxylic acids is 3. The van der Waals surface area contributed by atoms with Gasteiger partial charge in [0.25, 0.3) is 5.91 Å². The minimum absolute atomic E-state index is 0.208. The van der Waals surface area contributed by atoms with Gasteiger partial charge in [0.2, 0.25) is 11.9 Å². The maximum atomic E-state index is 12.7. The van der Waals surface area contributed by atoms with Crippen LogP contribution in [-0.2, 0) is 23.4 Å². The van der Waals surface area contributed by atoms with E-state index in [0.29, 0.717) is 37.1 Å². The monoisotopic (exact) mass is 823 g/mol. The van der Waals surface area contributed by atoms with Crippen LogP contribution in [0.25, 0.3) is 11.3 Å². The Morgan fingerprint density at radius 3 is 2.30 bits per heavy atom. The second-order valence-electron chi connectivity index (χ2n) is 17.8. The third-order valence-electron chi connectivity index (χ3n) is 12.3. The highest BCUT2D eigenvalue weighted by Crippen LogP contribution is 2.31. The summed E-state index contributed by atoms with van der Waals surface area (Å²) in [7, 11) is 0. The zero-order valence-corrected chi connectivity index (χ0v) is 35.7. The number of likely N-dealkylation sites (tertiary alicyclic amines) is 2. The fraction of sp³-hybridized carbons (Fsp3) is 0.426. The molecule has 3 N–H and O–H groups in total. The van der Waals surface area contributed by atoms with E-state index < -0.39 is 0 Å². The summed E-state index contributed by atoms with van der Waals surface area (Å²) in [5, 5.41) is 16.9. The van der Waals surface area contributed by atoms with Crippen molar-refractivity contribution in [2.45, 2.75) is 84.3 Å². The Bertz CT molecular complexity index is 2320. The highest BCUT2D eigenvalue weighted by molar-refractivity contribution is 6.05. The van der Waals surface area contributed by atoms with E-state index in [0.717, 1.165) is 85.2 Å². The van der Waals surface area contributed by atoms with Crippen LogP contribution in [0.15, 0.2) is 85.2 Å². The molecule has 0 saturated carbocycles. The largest absolute Gasteiger partial charge is 0.347 e. The van der Waals surface area contributed by atoms with E-state index in [1.54, 1.807) is 22.0 Å². The SMILES string of the molecule is Cc1cc(-c2ccnc(Nc3ccc(CN4CCC(CN5CCC(c6ccc(N7CCC(=O)NC7=O)cc6)CC5)CC4)cc3)n2)ccc1CNC(=O)c1cn(C(C)(C)C)nn1. The Balaban J connectivity index is 0.755. The van der Waals surface area contributed by atoms with Gasteiger partial charge in [-0.15, -0.1) is 5.10 Å². The fourth-order valence-corrected chi connectivity index (χ4v) is 8.55. The Hall–Kier alpha value is -5.99. The van der Waals surface area contributed by atoms with Crippen LogP contribution in [0.1, 0.15) is 91.5 Å². The van der Waals surface area contributed by atoms with Crippen molar-refractivity contribution < 1.29 is 14.4 Å². The molecular weight excluding hydrogens is 767 g/mol. The maximum absolute atomic E-state index is 12.7. The molecular formula is C47H57N11O3. The van der Waals surface area contributed by atoms with Crippen molar-refractivity contribution in [3.05, 3.63) is 113 Å². The maximum Gasteiger partial charge on any atom is 0.328 e. The molecule has 0 aliphatic carbocycles. The van der Waals surface area contributed by atoms with Crippen LogP contribution in [0, 0.1) is 12.8 Å². The van der Waals surface area contributed by atoms with Crippen molar-refractivity contribution in [1.82, 2.24) is 45.4 Å². The summed E-state index contributed by atoms with van der Waals surface area (Å²) in [5.74, 6) is 1.35. The van der Waals surface area contributed by atoms with Gasteiger partial charge in [-0.2, -0.15) is 0 Å². The van der Waals surface area contributed by atoms with Crippen LogP contribution in [0.2, 0.25) is 0 Å². The number of piperidine rings is 2. The molecule has 4 amide bonds. The van der Waals surface area contributed by atoms with Crippen molar-refractivity contribution in [3.8, 4) is 11.3 Å². The molecule has 14 heteroatoms. The van der Waals surface area contributed by atoms with Gasteiger partial charge in [0.15, 0.2) is 5.69 Å².